The molecule has 0 aliphatic carbocycles. The van der Waals surface area contributed by atoms with Crippen molar-refractivity contribution in [3.05, 3.63) is 69.6 Å². The molecule has 15 heteroatoms. The van der Waals surface area contributed by atoms with Crippen molar-refractivity contribution < 1.29 is 32.8 Å². The van der Waals surface area contributed by atoms with Gasteiger partial charge in [-0.1, -0.05) is 12.1 Å². The summed E-state index contributed by atoms with van der Waals surface area (Å²) in [6.45, 7) is 0.923. The number of hydrogen-bond acceptors (Lipinski definition) is 7. The molecule has 3 atom stereocenters. The molecule has 0 radical (unpaired) electrons. The summed E-state index contributed by atoms with van der Waals surface area (Å²) in [5.41, 5.74) is 13.5. The molecule has 2 aliphatic rings. The Balaban J connectivity index is 1.17. The number of rotatable bonds is 13. The highest BCUT2D eigenvalue weighted by Crippen LogP contribution is 2.27. The minimum absolute atomic E-state index is 0.000263. The molecule has 0 bridgehead atoms. The summed E-state index contributed by atoms with van der Waals surface area (Å²) in [6, 6.07) is 6.18. The Kier molecular flexibility index (Phi) is 11.5. The van der Waals surface area contributed by atoms with Crippen LogP contribution in [-0.2, 0) is 43.9 Å². The quantitative estimate of drug-likeness (QED) is 0.195. The minimum atomic E-state index is -1.08. The van der Waals surface area contributed by atoms with Gasteiger partial charge in [-0.15, -0.1) is 0 Å². The number of nitrogens with one attached hydrogen (secondary N) is 2. The van der Waals surface area contributed by atoms with E-state index in [9.17, 15) is 37.5 Å². The number of hydrogen-bond donors (Lipinski definition) is 4. The van der Waals surface area contributed by atoms with Gasteiger partial charge < -0.3 is 21.7 Å². The van der Waals surface area contributed by atoms with Crippen LogP contribution in [0.5, 0.6) is 0 Å². The molecule has 0 saturated carbocycles. The molecule has 268 valence electrons. The van der Waals surface area contributed by atoms with E-state index in [0.29, 0.717) is 35.6 Å². The molecule has 0 spiro atoms. The van der Waals surface area contributed by atoms with Crippen LogP contribution >= 0.6 is 0 Å². The normalized spacial score (nSPS) is 18.2. The molecule has 2 fully saturated rings. The number of carbonyl (C=O) groups is 5. The number of amides is 5. The first kappa shape index (κ1) is 36.4. The first-order valence-corrected chi connectivity index (χ1v) is 16.9. The summed E-state index contributed by atoms with van der Waals surface area (Å²) in [6.07, 6.45) is 4.33. The maximum Gasteiger partial charge on any atom is 0.329 e. The molecule has 13 nitrogen and oxygen atoms in total. The first-order valence-electron chi connectivity index (χ1n) is 16.9. The molecular weight excluding hydrogens is 652 g/mol. The van der Waals surface area contributed by atoms with Gasteiger partial charge in [0.2, 0.25) is 29.5 Å². The molecule has 3 heterocycles. The van der Waals surface area contributed by atoms with Gasteiger partial charge in [-0.05, 0) is 86.3 Å². The Morgan fingerprint density at radius 3 is 2.38 bits per heavy atom. The number of halogens is 2. The highest BCUT2D eigenvalue weighted by Gasteiger charge is 2.32. The molecule has 50 heavy (non-hydrogen) atoms. The number of piperidine rings is 2. The SMILES string of the molecule is Cn1c(=O)n(C2CCC(=O)NC2=O)c2ccc(CCCC3CCN(C(=O)C(Cc4ccc(F)c(F)c4)NC(=O)C(N)CCC(N)=O)CC3)cc21. The predicted octanol–water partition coefficient (Wildman–Crippen LogP) is 1.48. The maximum absolute atomic E-state index is 13.9. The molecule has 2 aliphatic heterocycles. The number of likely N-dealkylation sites (tertiary alicyclic amines) is 1. The van der Waals surface area contributed by atoms with Gasteiger partial charge in [0.05, 0.1) is 17.1 Å². The molecule has 2 saturated heterocycles. The third kappa shape index (κ3) is 8.44. The lowest BCUT2D eigenvalue weighted by Gasteiger charge is -2.35. The van der Waals surface area contributed by atoms with Gasteiger partial charge in [0, 0.05) is 39.4 Å². The van der Waals surface area contributed by atoms with E-state index in [1.54, 1.807) is 11.9 Å². The lowest BCUT2D eigenvalue weighted by atomic mass is 9.90. The summed E-state index contributed by atoms with van der Waals surface area (Å²) in [7, 11) is 1.66. The van der Waals surface area contributed by atoms with Crippen LogP contribution in [0.4, 0.5) is 8.78 Å². The number of primary amides is 1. The number of aromatic nitrogens is 2. The monoisotopic (exact) mass is 695 g/mol. The highest BCUT2D eigenvalue weighted by molar-refractivity contribution is 6.00. The van der Waals surface area contributed by atoms with Crippen molar-refractivity contribution in [3.8, 4) is 0 Å². The van der Waals surface area contributed by atoms with Crippen molar-refractivity contribution in [1.82, 2.24) is 24.7 Å². The Bertz CT molecular complexity index is 1850. The zero-order chi connectivity index (χ0) is 36.1. The third-order valence-corrected chi connectivity index (χ3v) is 9.76. The van der Waals surface area contributed by atoms with Gasteiger partial charge in [-0.2, -0.15) is 0 Å². The zero-order valence-electron chi connectivity index (χ0n) is 28.0. The predicted molar refractivity (Wildman–Crippen MR) is 179 cm³/mol. The summed E-state index contributed by atoms with van der Waals surface area (Å²) in [4.78, 5) is 76.4. The fraction of sp³-hybridized carbons (Fsp3) is 0.486. The Labute approximate surface area is 287 Å². The molecule has 2 aromatic carbocycles. The first-order chi connectivity index (χ1) is 23.8. The second kappa shape index (κ2) is 15.7. The van der Waals surface area contributed by atoms with Crippen LogP contribution in [0.15, 0.2) is 41.2 Å². The molecule has 6 N–H and O–H groups in total. The van der Waals surface area contributed by atoms with Crippen molar-refractivity contribution in [2.24, 2.45) is 24.4 Å². The number of aryl methyl sites for hydroxylation is 2. The maximum atomic E-state index is 13.9. The standard InChI is InChI=1S/C35H43F2N7O6/c1-42-29-19-21(6-9-27(29)44(35(42)50)28-10-12-31(46)41-33(28)48)4-2-3-20-13-15-43(16-14-20)34(49)26(18-22-5-7-23(36)24(37)17-22)40-32(47)25(38)8-11-30(39)45/h5-7,9,17,19-20,25-26,28H,2-4,8,10-16,18,38H2,1H3,(H2,39,45)(H,40,47)(H,41,46,48). The molecule has 3 unspecified atom stereocenters. The van der Waals surface area contributed by atoms with E-state index in [1.807, 2.05) is 18.2 Å². The highest BCUT2D eigenvalue weighted by atomic mass is 19.2. The van der Waals surface area contributed by atoms with E-state index in [-0.39, 0.29) is 49.6 Å². The Morgan fingerprint density at radius 1 is 0.980 bits per heavy atom. The Hall–Kier alpha value is -4.92. The second-order valence-corrected chi connectivity index (χ2v) is 13.3. The number of carbonyl (C=O) groups excluding carboxylic acids is 5. The van der Waals surface area contributed by atoms with E-state index in [1.165, 1.54) is 15.2 Å². The second-order valence-electron chi connectivity index (χ2n) is 13.3. The molecule has 5 rings (SSSR count). The van der Waals surface area contributed by atoms with Gasteiger partial charge >= 0.3 is 5.69 Å². The van der Waals surface area contributed by atoms with Crippen LogP contribution in [-0.4, -0.2) is 68.7 Å². The summed E-state index contributed by atoms with van der Waals surface area (Å²) in [5, 5.41) is 4.97. The summed E-state index contributed by atoms with van der Waals surface area (Å²) >= 11 is 0. The van der Waals surface area contributed by atoms with Crippen molar-refractivity contribution in [3.63, 3.8) is 0 Å². The molecular formula is C35H43F2N7O6. The average molecular weight is 696 g/mol. The van der Waals surface area contributed by atoms with E-state index in [2.05, 4.69) is 10.6 Å². The van der Waals surface area contributed by atoms with Crippen molar-refractivity contribution in [1.29, 1.82) is 0 Å². The average Bonchev–Trinajstić information content (AvgIpc) is 3.33. The lowest BCUT2D eigenvalue weighted by Crippen LogP contribution is -2.54. The summed E-state index contributed by atoms with van der Waals surface area (Å²) < 4.78 is 30.5. The molecule has 3 aromatic rings. The van der Waals surface area contributed by atoms with Crippen LogP contribution in [0, 0.1) is 17.6 Å². The van der Waals surface area contributed by atoms with Gasteiger partial charge in [0.1, 0.15) is 12.1 Å². The number of nitrogens with two attached hydrogens (primary N) is 2. The number of nitrogens with zero attached hydrogens (tertiary/aromatic N) is 3. The number of imide groups is 1. The molecule has 1 aromatic heterocycles. The van der Waals surface area contributed by atoms with Crippen molar-refractivity contribution in [2.75, 3.05) is 13.1 Å². The van der Waals surface area contributed by atoms with Gasteiger partial charge in [-0.25, -0.2) is 13.6 Å². The van der Waals surface area contributed by atoms with E-state index >= 15 is 0 Å². The van der Waals surface area contributed by atoms with Crippen LogP contribution in [0.3, 0.4) is 0 Å². The van der Waals surface area contributed by atoms with Gasteiger partial charge in [-0.3, -0.25) is 38.4 Å². The van der Waals surface area contributed by atoms with Crippen LogP contribution in [0.1, 0.15) is 68.5 Å². The smallest absolute Gasteiger partial charge is 0.329 e. The third-order valence-electron chi connectivity index (χ3n) is 9.76. The van der Waals surface area contributed by atoms with Gasteiger partial charge in [0.25, 0.3) is 0 Å². The number of fused-ring (bicyclic) bond motifs is 1. The lowest BCUT2D eigenvalue weighted by molar-refractivity contribution is -0.138. The van der Waals surface area contributed by atoms with E-state index in [4.69, 9.17) is 11.5 Å². The summed E-state index contributed by atoms with van der Waals surface area (Å²) in [5.74, 6) is -4.15. The fourth-order valence-electron chi connectivity index (χ4n) is 6.86. The molecule has 5 amide bonds. The van der Waals surface area contributed by atoms with Crippen LogP contribution < -0.4 is 27.8 Å². The van der Waals surface area contributed by atoms with Crippen molar-refractivity contribution >= 4 is 40.6 Å². The van der Waals surface area contributed by atoms with Crippen molar-refractivity contribution in [2.45, 2.75) is 82.3 Å². The minimum Gasteiger partial charge on any atom is -0.370 e. The topological polar surface area (TPSA) is 192 Å². The Morgan fingerprint density at radius 2 is 1.70 bits per heavy atom. The fourth-order valence-corrected chi connectivity index (χ4v) is 6.86. The van der Waals surface area contributed by atoms with E-state index in [0.717, 1.165) is 49.8 Å². The number of benzene rings is 2. The van der Waals surface area contributed by atoms with Crippen LogP contribution in [0.25, 0.3) is 11.0 Å². The van der Waals surface area contributed by atoms with Gasteiger partial charge in [0.15, 0.2) is 11.6 Å². The van der Waals surface area contributed by atoms with Crippen LogP contribution in [0.2, 0.25) is 0 Å². The zero-order valence-corrected chi connectivity index (χ0v) is 28.0. The largest absolute Gasteiger partial charge is 0.370 e. The van der Waals surface area contributed by atoms with E-state index < -0.39 is 47.5 Å². The number of imidazole rings is 1.